The van der Waals surface area contributed by atoms with Gasteiger partial charge in [-0.25, -0.2) is 4.79 Å². The van der Waals surface area contributed by atoms with Crippen LogP contribution in [0.1, 0.15) is 5.56 Å². The Morgan fingerprint density at radius 1 is 1.00 bits per heavy atom. The molecule has 0 saturated heterocycles. The van der Waals surface area contributed by atoms with E-state index in [9.17, 15) is 14.4 Å². The maximum absolute atomic E-state index is 12.5. The second-order valence-corrected chi connectivity index (χ2v) is 5.46. The number of anilines is 1. The van der Waals surface area contributed by atoms with Gasteiger partial charge in [-0.15, -0.1) is 0 Å². The minimum Gasteiger partial charge on any atom is -0.464 e. The Morgan fingerprint density at radius 2 is 1.62 bits per heavy atom. The van der Waals surface area contributed by atoms with Crippen LogP contribution in [0.4, 0.5) is 5.69 Å². The summed E-state index contributed by atoms with van der Waals surface area (Å²) < 4.78 is 4.79. The number of amides is 1. The van der Waals surface area contributed by atoms with E-state index in [0.29, 0.717) is 16.3 Å². The molecule has 1 amide bonds. The number of rotatable bonds is 3. The van der Waals surface area contributed by atoms with Gasteiger partial charge >= 0.3 is 11.9 Å². The largest absolute Gasteiger partial charge is 0.464 e. The number of ether oxygens (including phenoxy) is 1. The molecule has 0 radical (unpaired) electrons. The van der Waals surface area contributed by atoms with Crippen LogP contribution in [0.25, 0.3) is 5.57 Å². The van der Waals surface area contributed by atoms with Gasteiger partial charge in [0.15, 0.2) is 0 Å². The molecule has 0 bridgehead atoms. The molecule has 5 nitrogen and oxygen atoms in total. The van der Waals surface area contributed by atoms with Crippen molar-refractivity contribution < 1.29 is 19.1 Å². The van der Waals surface area contributed by atoms with Crippen molar-refractivity contribution >= 4 is 40.5 Å². The Hall–Kier alpha value is -2.92. The maximum atomic E-state index is 12.5. The van der Waals surface area contributed by atoms with E-state index >= 15 is 0 Å². The molecule has 0 atom stereocenters. The first-order valence-electron chi connectivity index (χ1n) is 7.07. The number of methoxy groups -OCH3 is 1. The number of carbonyl (C=O) groups is 3. The molecule has 1 heterocycles. The molecule has 2 aromatic rings. The van der Waals surface area contributed by atoms with Gasteiger partial charge in [0.2, 0.25) is 0 Å². The van der Waals surface area contributed by atoms with E-state index in [0.717, 1.165) is 4.90 Å². The summed E-state index contributed by atoms with van der Waals surface area (Å²) in [6.45, 7) is 0. The first-order valence-corrected chi connectivity index (χ1v) is 7.44. The lowest BCUT2D eigenvalue weighted by Crippen LogP contribution is -2.31. The zero-order valence-electron chi connectivity index (χ0n) is 12.7. The molecule has 1 aliphatic rings. The van der Waals surface area contributed by atoms with Gasteiger partial charge in [-0.1, -0.05) is 41.9 Å². The van der Waals surface area contributed by atoms with Crippen molar-refractivity contribution in [1.29, 1.82) is 0 Å². The normalized spacial score (nSPS) is 14.3. The van der Waals surface area contributed by atoms with Crippen LogP contribution in [0.15, 0.2) is 60.3 Å². The lowest BCUT2D eigenvalue weighted by Gasteiger charge is -2.18. The summed E-state index contributed by atoms with van der Waals surface area (Å²) >= 11 is 5.86. The molecular formula is C18H12ClNO4. The van der Waals surface area contributed by atoms with Crippen molar-refractivity contribution in [2.75, 3.05) is 12.0 Å². The van der Waals surface area contributed by atoms with E-state index in [1.165, 1.54) is 7.11 Å². The van der Waals surface area contributed by atoms with Gasteiger partial charge in [-0.05, 0) is 29.8 Å². The molecule has 6 heteroatoms. The van der Waals surface area contributed by atoms with E-state index < -0.39 is 17.7 Å². The Kier molecular flexibility index (Phi) is 4.18. The third kappa shape index (κ3) is 2.59. The zero-order valence-corrected chi connectivity index (χ0v) is 13.4. The molecule has 0 saturated carbocycles. The average molecular weight is 342 g/mol. The maximum Gasteiger partial charge on any atom is 0.355 e. The molecule has 120 valence electrons. The summed E-state index contributed by atoms with van der Waals surface area (Å²) in [6.07, 6.45) is 0. The third-order valence-electron chi connectivity index (χ3n) is 3.61. The number of carbonyl (C=O) groups excluding carboxylic acids is 3. The van der Waals surface area contributed by atoms with Gasteiger partial charge in [0.25, 0.3) is 5.78 Å². The Bertz CT molecular complexity index is 856. The van der Waals surface area contributed by atoms with Crippen LogP contribution < -0.4 is 4.90 Å². The number of nitrogens with zero attached hydrogens (tertiary/aromatic N) is 1. The molecule has 0 fully saturated rings. The van der Waals surface area contributed by atoms with E-state index in [-0.39, 0.29) is 11.3 Å². The standard InChI is InChI=1S/C18H12ClNO4/c1-24-18(23)15-14(11-5-3-2-4-6-11)16(21)17(22)20(15)13-9-7-12(19)8-10-13/h2-10H,1H3. The molecular weight excluding hydrogens is 330 g/mol. The van der Waals surface area contributed by atoms with Gasteiger partial charge in [0.05, 0.1) is 12.7 Å². The second kappa shape index (κ2) is 6.29. The highest BCUT2D eigenvalue weighted by Crippen LogP contribution is 2.34. The van der Waals surface area contributed by atoms with Crippen LogP contribution in [-0.2, 0) is 19.1 Å². The molecule has 2 aromatic carbocycles. The SMILES string of the molecule is COC(=O)C1=C(c2ccccc2)C(=O)C(=O)N1c1ccc(Cl)cc1. The van der Waals surface area contributed by atoms with Crippen molar-refractivity contribution in [2.24, 2.45) is 0 Å². The van der Waals surface area contributed by atoms with Crippen LogP contribution in [-0.4, -0.2) is 24.8 Å². The minimum atomic E-state index is -0.809. The lowest BCUT2D eigenvalue weighted by atomic mass is 10.0. The monoisotopic (exact) mass is 341 g/mol. The van der Waals surface area contributed by atoms with Crippen molar-refractivity contribution in [2.45, 2.75) is 0 Å². The fraction of sp³-hybridized carbons (Fsp3) is 0.0556. The first kappa shape index (κ1) is 16.0. The Labute approximate surface area is 143 Å². The summed E-state index contributed by atoms with van der Waals surface area (Å²) in [5, 5.41) is 0.476. The van der Waals surface area contributed by atoms with E-state index in [4.69, 9.17) is 16.3 Å². The van der Waals surface area contributed by atoms with Gasteiger partial charge in [-0.2, -0.15) is 0 Å². The van der Waals surface area contributed by atoms with Gasteiger partial charge in [-0.3, -0.25) is 14.5 Å². The van der Waals surface area contributed by atoms with E-state index in [1.54, 1.807) is 54.6 Å². The highest BCUT2D eigenvalue weighted by atomic mass is 35.5. The number of halogens is 1. The molecule has 1 aliphatic heterocycles. The zero-order chi connectivity index (χ0) is 17.3. The highest BCUT2D eigenvalue weighted by Gasteiger charge is 2.43. The number of Topliss-reactive ketones (excluding diaryl/α,β-unsaturated/α-hetero) is 1. The predicted octanol–water partition coefficient (Wildman–Crippen LogP) is 2.84. The summed E-state index contributed by atoms with van der Waals surface area (Å²) in [4.78, 5) is 38.4. The summed E-state index contributed by atoms with van der Waals surface area (Å²) in [5.41, 5.74) is 0.778. The molecule has 0 spiro atoms. The van der Waals surface area contributed by atoms with Crippen LogP contribution >= 0.6 is 11.6 Å². The number of benzene rings is 2. The van der Waals surface area contributed by atoms with Crippen LogP contribution in [0.5, 0.6) is 0 Å². The Balaban J connectivity index is 2.23. The molecule has 0 unspecified atom stereocenters. The minimum absolute atomic E-state index is 0.0300. The molecule has 3 rings (SSSR count). The first-order chi connectivity index (χ1) is 11.5. The molecule has 0 aliphatic carbocycles. The van der Waals surface area contributed by atoms with Crippen LogP contribution in [0.3, 0.4) is 0 Å². The van der Waals surface area contributed by atoms with E-state index in [1.807, 2.05) is 0 Å². The molecule has 24 heavy (non-hydrogen) atoms. The van der Waals surface area contributed by atoms with E-state index in [2.05, 4.69) is 0 Å². The van der Waals surface area contributed by atoms with Crippen LogP contribution in [0, 0.1) is 0 Å². The van der Waals surface area contributed by atoms with Gasteiger partial charge < -0.3 is 4.74 Å². The number of hydrogen-bond donors (Lipinski definition) is 0. The second-order valence-electron chi connectivity index (χ2n) is 5.03. The summed E-state index contributed by atoms with van der Waals surface area (Å²) in [7, 11) is 1.20. The molecule has 0 aromatic heterocycles. The van der Waals surface area contributed by atoms with Crippen LogP contribution in [0.2, 0.25) is 5.02 Å². The lowest BCUT2D eigenvalue weighted by molar-refractivity contribution is -0.136. The number of esters is 1. The highest BCUT2D eigenvalue weighted by molar-refractivity contribution is 6.62. The smallest absolute Gasteiger partial charge is 0.355 e. The average Bonchev–Trinajstić information content (AvgIpc) is 2.87. The summed E-state index contributed by atoms with van der Waals surface area (Å²) in [5.74, 6) is -2.32. The summed E-state index contributed by atoms with van der Waals surface area (Å²) in [6, 6.07) is 14.8. The Morgan fingerprint density at radius 3 is 2.21 bits per heavy atom. The fourth-order valence-corrected chi connectivity index (χ4v) is 2.65. The topological polar surface area (TPSA) is 63.7 Å². The van der Waals surface area contributed by atoms with Crippen molar-refractivity contribution in [3.05, 3.63) is 70.9 Å². The quantitative estimate of drug-likeness (QED) is 0.636. The van der Waals surface area contributed by atoms with Crippen molar-refractivity contribution in [3.8, 4) is 0 Å². The molecule has 0 N–H and O–H groups in total. The van der Waals surface area contributed by atoms with Gasteiger partial charge in [0, 0.05) is 10.7 Å². The predicted molar refractivity (Wildman–Crippen MR) is 89.3 cm³/mol. The van der Waals surface area contributed by atoms with Gasteiger partial charge in [0.1, 0.15) is 5.70 Å². The third-order valence-corrected chi connectivity index (χ3v) is 3.86. The number of hydrogen-bond acceptors (Lipinski definition) is 4. The van der Waals surface area contributed by atoms with Crippen molar-refractivity contribution in [1.82, 2.24) is 0 Å². The number of ketones is 1. The van der Waals surface area contributed by atoms with Crippen molar-refractivity contribution in [3.63, 3.8) is 0 Å². The fourth-order valence-electron chi connectivity index (χ4n) is 2.53.